The van der Waals surface area contributed by atoms with E-state index in [1.807, 2.05) is 18.2 Å². The third-order valence-corrected chi connectivity index (χ3v) is 6.36. The Labute approximate surface area is 168 Å². The number of hydrogen-bond acceptors (Lipinski definition) is 6. The highest BCUT2D eigenvalue weighted by molar-refractivity contribution is 6.05. The first-order chi connectivity index (χ1) is 14.4. The Bertz CT molecular complexity index is 1180. The number of hydrogen-bond donors (Lipinski definition) is 0. The number of furan rings is 1. The van der Waals surface area contributed by atoms with E-state index in [0.717, 1.165) is 78.4 Å². The maximum atomic E-state index is 6.17. The van der Waals surface area contributed by atoms with Crippen LogP contribution in [0.5, 0.6) is 0 Å². The maximum Gasteiger partial charge on any atom is 0.196 e. The molecule has 0 bridgehead atoms. The third-order valence-electron chi connectivity index (χ3n) is 6.36. The van der Waals surface area contributed by atoms with Crippen molar-refractivity contribution in [3.05, 3.63) is 42.2 Å². The molecule has 2 aliphatic heterocycles. The van der Waals surface area contributed by atoms with Crippen LogP contribution in [0.3, 0.4) is 0 Å². The van der Waals surface area contributed by atoms with Crippen LogP contribution < -0.4 is 4.90 Å². The summed E-state index contributed by atoms with van der Waals surface area (Å²) >= 11 is 0. The van der Waals surface area contributed by atoms with E-state index in [9.17, 15) is 0 Å². The highest BCUT2D eigenvalue weighted by Gasteiger charge is 2.29. The van der Waals surface area contributed by atoms with Crippen LogP contribution in [0, 0.1) is 0 Å². The predicted molar refractivity (Wildman–Crippen MR) is 111 cm³/mol. The molecule has 29 heavy (non-hydrogen) atoms. The lowest BCUT2D eigenvalue weighted by Gasteiger charge is -2.33. The summed E-state index contributed by atoms with van der Waals surface area (Å²) in [4.78, 5) is 11.5. The average Bonchev–Trinajstić information content (AvgIpc) is 3.27. The summed E-state index contributed by atoms with van der Waals surface area (Å²) in [6.07, 6.45) is 8.69. The van der Waals surface area contributed by atoms with Gasteiger partial charge in [-0.05, 0) is 37.8 Å². The molecule has 0 amide bonds. The molecule has 6 rings (SSSR count). The summed E-state index contributed by atoms with van der Waals surface area (Å²) in [7, 11) is 0. The van der Waals surface area contributed by atoms with Crippen molar-refractivity contribution in [2.75, 3.05) is 18.0 Å². The Kier molecular flexibility index (Phi) is 3.99. The molecule has 5 heterocycles. The molecule has 7 heteroatoms. The van der Waals surface area contributed by atoms with Crippen molar-refractivity contribution in [2.45, 2.75) is 51.0 Å². The number of aryl methyl sites for hydroxylation is 1. The zero-order valence-corrected chi connectivity index (χ0v) is 16.4. The molecule has 0 saturated carbocycles. The first-order valence-electron chi connectivity index (χ1n) is 10.7. The molecule has 0 aliphatic carbocycles. The Morgan fingerprint density at radius 1 is 0.966 bits per heavy atom. The lowest BCUT2D eigenvalue weighted by Crippen LogP contribution is -2.36. The number of para-hydroxylation sites is 1. The van der Waals surface area contributed by atoms with Crippen molar-refractivity contribution in [3.63, 3.8) is 0 Å². The van der Waals surface area contributed by atoms with Gasteiger partial charge in [-0.2, -0.15) is 0 Å². The lowest BCUT2D eigenvalue weighted by atomic mass is 9.97. The predicted octanol–water partition coefficient (Wildman–Crippen LogP) is 4.08. The number of rotatable bonds is 2. The summed E-state index contributed by atoms with van der Waals surface area (Å²) < 4.78 is 8.56. The molecule has 3 aromatic heterocycles. The zero-order chi connectivity index (χ0) is 19.2. The quantitative estimate of drug-likeness (QED) is 0.515. The monoisotopic (exact) mass is 388 g/mol. The highest BCUT2D eigenvalue weighted by Crippen LogP contribution is 2.35. The van der Waals surface area contributed by atoms with E-state index in [1.54, 1.807) is 6.33 Å². The van der Waals surface area contributed by atoms with Crippen LogP contribution >= 0.6 is 0 Å². The van der Waals surface area contributed by atoms with Crippen LogP contribution in [-0.2, 0) is 13.0 Å². The van der Waals surface area contributed by atoms with E-state index in [4.69, 9.17) is 4.42 Å². The smallest absolute Gasteiger partial charge is 0.196 e. The first-order valence-corrected chi connectivity index (χ1v) is 10.7. The fourth-order valence-corrected chi connectivity index (χ4v) is 4.93. The fourth-order valence-electron chi connectivity index (χ4n) is 4.93. The Balaban J connectivity index is 1.37. The van der Waals surface area contributed by atoms with Crippen LogP contribution in [-0.4, -0.2) is 37.8 Å². The number of anilines is 1. The van der Waals surface area contributed by atoms with Crippen molar-refractivity contribution >= 4 is 27.9 Å². The van der Waals surface area contributed by atoms with Crippen LogP contribution in [0.15, 0.2) is 35.0 Å². The Morgan fingerprint density at radius 3 is 2.93 bits per heavy atom. The van der Waals surface area contributed by atoms with Crippen molar-refractivity contribution in [1.82, 2.24) is 24.7 Å². The van der Waals surface area contributed by atoms with Crippen LogP contribution in [0.25, 0.3) is 22.1 Å². The molecule has 1 saturated heterocycles. The van der Waals surface area contributed by atoms with Gasteiger partial charge < -0.3 is 13.9 Å². The molecular weight excluding hydrogens is 364 g/mol. The summed E-state index contributed by atoms with van der Waals surface area (Å²) in [5, 5.41) is 10.2. The summed E-state index contributed by atoms with van der Waals surface area (Å²) in [6, 6.07) is 8.06. The molecule has 1 fully saturated rings. The van der Waals surface area contributed by atoms with Crippen molar-refractivity contribution in [3.8, 4) is 0 Å². The lowest BCUT2D eigenvalue weighted by molar-refractivity contribution is 0.463. The minimum atomic E-state index is 0.373. The number of piperidine rings is 1. The second-order valence-electron chi connectivity index (χ2n) is 8.20. The van der Waals surface area contributed by atoms with E-state index in [-0.39, 0.29) is 0 Å². The molecule has 0 radical (unpaired) electrons. The van der Waals surface area contributed by atoms with Gasteiger partial charge in [-0.1, -0.05) is 18.6 Å². The van der Waals surface area contributed by atoms with E-state index in [1.165, 1.54) is 19.3 Å². The van der Waals surface area contributed by atoms with Gasteiger partial charge in [-0.15, -0.1) is 10.2 Å². The van der Waals surface area contributed by atoms with Crippen molar-refractivity contribution < 1.29 is 4.42 Å². The van der Waals surface area contributed by atoms with Gasteiger partial charge in [0.2, 0.25) is 0 Å². The van der Waals surface area contributed by atoms with Gasteiger partial charge in [-0.25, -0.2) is 9.97 Å². The van der Waals surface area contributed by atoms with Gasteiger partial charge >= 0.3 is 0 Å². The molecule has 1 atom stereocenters. The van der Waals surface area contributed by atoms with Crippen molar-refractivity contribution in [1.29, 1.82) is 0 Å². The van der Waals surface area contributed by atoms with Crippen LogP contribution in [0.2, 0.25) is 0 Å². The Hall–Kier alpha value is -2.96. The van der Waals surface area contributed by atoms with Crippen LogP contribution in [0.4, 0.5) is 5.82 Å². The zero-order valence-electron chi connectivity index (χ0n) is 16.4. The van der Waals surface area contributed by atoms with E-state index in [2.05, 4.69) is 35.7 Å². The van der Waals surface area contributed by atoms with E-state index in [0.29, 0.717) is 5.92 Å². The molecule has 0 spiro atoms. The van der Waals surface area contributed by atoms with Gasteiger partial charge in [0.15, 0.2) is 11.4 Å². The summed E-state index contributed by atoms with van der Waals surface area (Å²) in [5.41, 5.74) is 2.54. The molecule has 7 nitrogen and oxygen atoms in total. The first kappa shape index (κ1) is 16.9. The molecular formula is C22H24N6O. The Morgan fingerprint density at radius 2 is 1.93 bits per heavy atom. The van der Waals surface area contributed by atoms with E-state index >= 15 is 0 Å². The second-order valence-corrected chi connectivity index (χ2v) is 8.20. The number of aromatic nitrogens is 5. The van der Waals surface area contributed by atoms with Gasteiger partial charge in [0.1, 0.15) is 29.1 Å². The minimum absolute atomic E-state index is 0.373. The van der Waals surface area contributed by atoms with Crippen molar-refractivity contribution in [2.24, 2.45) is 0 Å². The summed E-state index contributed by atoms with van der Waals surface area (Å²) in [5.74, 6) is 3.59. The SMILES string of the molecule is c1ccc2c(c1)oc1c(N3CCCC(c4nnc5n4CCCCC5)C3)ncnc12. The second kappa shape index (κ2) is 6.83. The van der Waals surface area contributed by atoms with Gasteiger partial charge in [0.25, 0.3) is 0 Å². The van der Waals surface area contributed by atoms with E-state index < -0.39 is 0 Å². The summed E-state index contributed by atoms with van der Waals surface area (Å²) in [6.45, 7) is 2.91. The largest absolute Gasteiger partial charge is 0.450 e. The topological polar surface area (TPSA) is 72.9 Å². The maximum absolute atomic E-state index is 6.17. The van der Waals surface area contributed by atoms with Gasteiger partial charge in [0, 0.05) is 37.4 Å². The van der Waals surface area contributed by atoms with Gasteiger partial charge in [-0.3, -0.25) is 0 Å². The number of nitrogens with zero attached hydrogens (tertiary/aromatic N) is 6. The molecule has 4 aromatic rings. The molecule has 148 valence electrons. The minimum Gasteiger partial charge on any atom is -0.450 e. The highest BCUT2D eigenvalue weighted by atomic mass is 16.3. The number of fused-ring (bicyclic) bond motifs is 4. The molecule has 2 aliphatic rings. The molecule has 0 N–H and O–H groups in total. The van der Waals surface area contributed by atoms with Gasteiger partial charge in [0.05, 0.1) is 0 Å². The average molecular weight is 388 g/mol. The number of benzene rings is 1. The molecule has 1 aromatic carbocycles. The van der Waals surface area contributed by atoms with Crippen LogP contribution in [0.1, 0.15) is 49.7 Å². The third kappa shape index (κ3) is 2.79. The fraction of sp³-hybridized carbons (Fsp3) is 0.455. The molecule has 1 unspecified atom stereocenters. The standard InChI is InChI=1S/C22H24N6O/c1-2-10-18-25-26-21(28(18)12-5-1)15-7-6-11-27(13-15)22-20-19(23-14-24-22)16-8-3-4-9-17(16)29-20/h3-4,8-9,14-15H,1-2,5-7,10-13H2. The normalized spacial score (nSPS) is 20.1.